The van der Waals surface area contributed by atoms with Gasteiger partial charge in [-0.15, -0.1) is 23.1 Å². The van der Waals surface area contributed by atoms with Crippen LogP contribution < -0.4 is 16.2 Å². The summed E-state index contributed by atoms with van der Waals surface area (Å²) in [7, 11) is 3.25. The first-order valence-electron chi connectivity index (χ1n) is 10.4. The highest BCUT2D eigenvalue weighted by Gasteiger charge is 2.62. The smallest absolute Gasteiger partial charge is 0.276 e. The average molecular weight is 499 g/mol. The summed E-state index contributed by atoms with van der Waals surface area (Å²) in [5, 5.41) is 30.8. The largest absolute Gasteiger partial charge is 0.548 e. The zero-order valence-corrected chi connectivity index (χ0v) is 19.9. The molecule has 33 heavy (non-hydrogen) atoms. The monoisotopic (exact) mass is 498 g/mol. The van der Waals surface area contributed by atoms with Crippen molar-refractivity contribution >= 4 is 51.7 Å². The molecule has 4 N–H and O–H groups in total. The number of likely N-dealkylation sites (N-methyl/N-ethyl adjacent to an activating group) is 1. The van der Waals surface area contributed by atoms with E-state index < -0.39 is 40.8 Å². The number of thiazole rings is 1. The van der Waals surface area contributed by atoms with Gasteiger partial charge < -0.3 is 40.3 Å². The Morgan fingerprint density at radius 2 is 2.18 bits per heavy atom. The Bertz CT molecular complexity index is 995. The second-order valence-electron chi connectivity index (χ2n) is 8.85. The van der Waals surface area contributed by atoms with Crippen molar-refractivity contribution in [2.24, 2.45) is 5.16 Å². The van der Waals surface area contributed by atoms with Crippen LogP contribution in [0.4, 0.5) is 5.13 Å². The number of carbonyl (C=O) groups excluding carboxylic acids is 3. The number of carboxylic acids is 1. The van der Waals surface area contributed by atoms with Crippen LogP contribution in [0.3, 0.4) is 0 Å². The fourth-order valence-electron chi connectivity index (χ4n) is 4.92. The van der Waals surface area contributed by atoms with Crippen LogP contribution in [0.5, 0.6) is 0 Å². The number of carbonyl (C=O) groups is 3. The summed E-state index contributed by atoms with van der Waals surface area (Å²) in [4.78, 5) is 47.7. The molecule has 4 heterocycles. The van der Waals surface area contributed by atoms with Crippen LogP contribution in [0.15, 0.2) is 10.5 Å². The highest BCUT2D eigenvalue weighted by molar-refractivity contribution is 8.00. The minimum absolute atomic E-state index is 0.0991. The number of fused-ring (bicyclic) bond motifs is 1. The summed E-state index contributed by atoms with van der Waals surface area (Å²) in [5.41, 5.74) is 4.03. The van der Waals surface area contributed by atoms with Crippen molar-refractivity contribution in [3.63, 3.8) is 0 Å². The van der Waals surface area contributed by atoms with Crippen molar-refractivity contribution in [3.8, 4) is 0 Å². The lowest BCUT2D eigenvalue weighted by atomic mass is 9.88. The Morgan fingerprint density at radius 1 is 1.48 bits per heavy atom. The third-order valence-electron chi connectivity index (χ3n) is 6.34. The molecule has 1 aromatic heterocycles. The van der Waals surface area contributed by atoms with Gasteiger partial charge >= 0.3 is 0 Å². The van der Waals surface area contributed by atoms with Gasteiger partial charge in [0.25, 0.3) is 5.91 Å². The number of aliphatic carboxylic acids is 1. The Morgan fingerprint density at radius 3 is 2.76 bits per heavy atom. The third-order valence-corrected chi connectivity index (χ3v) is 8.53. The summed E-state index contributed by atoms with van der Waals surface area (Å²) < 4.78 is 0.543. The van der Waals surface area contributed by atoms with Gasteiger partial charge in [-0.3, -0.25) is 9.59 Å². The first-order valence-corrected chi connectivity index (χ1v) is 12.4. The predicted octanol–water partition coefficient (Wildman–Crippen LogP) is -2.43. The number of quaternary nitrogens is 1. The molecule has 3 aliphatic rings. The van der Waals surface area contributed by atoms with E-state index in [0.717, 1.165) is 42.2 Å². The van der Waals surface area contributed by atoms with E-state index in [-0.39, 0.29) is 28.8 Å². The van der Waals surface area contributed by atoms with Crippen molar-refractivity contribution in [1.29, 1.82) is 0 Å². The summed E-state index contributed by atoms with van der Waals surface area (Å²) in [5.74, 6) is -2.72. The van der Waals surface area contributed by atoms with E-state index in [1.165, 1.54) is 24.3 Å². The highest BCUT2D eigenvalue weighted by Crippen LogP contribution is 2.43. The van der Waals surface area contributed by atoms with Crippen molar-refractivity contribution < 1.29 is 33.9 Å². The zero-order chi connectivity index (χ0) is 24.0. The van der Waals surface area contributed by atoms with Gasteiger partial charge in [0, 0.05) is 24.0 Å². The molecule has 0 bridgehead atoms. The van der Waals surface area contributed by atoms with E-state index in [9.17, 15) is 24.6 Å². The van der Waals surface area contributed by atoms with Crippen LogP contribution in [-0.4, -0.2) is 106 Å². The normalized spacial score (nSPS) is 31.0. The van der Waals surface area contributed by atoms with E-state index >= 15 is 0 Å². The molecule has 3 saturated heterocycles. The number of nitrogens with zero attached hydrogens (tertiary/aromatic N) is 4. The molecule has 4 rings (SSSR count). The Hall–Kier alpha value is -2.42. The van der Waals surface area contributed by atoms with Crippen LogP contribution in [0.25, 0.3) is 0 Å². The molecule has 3 fully saturated rings. The van der Waals surface area contributed by atoms with Crippen LogP contribution in [0, 0.1) is 0 Å². The number of nitrogen functional groups attached to an aromatic ring is 1. The number of aromatic nitrogens is 1. The van der Waals surface area contributed by atoms with Gasteiger partial charge in [0.15, 0.2) is 10.8 Å². The average Bonchev–Trinajstić information content (AvgIpc) is 3.37. The number of amides is 2. The van der Waals surface area contributed by atoms with Crippen molar-refractivity contribution in [1.82, 2.24) is 15.2 Å². The fourth-order valence-corrected chi connectivity index (χ4v) is 6.94. The number of carboxylic acid groups (broad SMARTS) is 1. The molecule has 2 unspecified atom stereocenters. The number of nitrogens with one attached hydrogen (secondary N) is 1. The van der Waals surface area contributed by atoms with Gasteiger partial charge in [0.2, 0.25) is 5.91 Å². The first-order chi connectivity index (χ1) is 15.6. The van der Waals surface area contributed by atoms with Crippen LogP contribution in [0.2, 0.25) is 0 Å². The molecule has 0 aromatic carbocycles. The number of thioether (sulfide) groups is 1. The quantitative estimate of drug-likeness (QED) is 0.160. The Balaban J connectivity index is 1.51. The van der Waals surface area contributed by atoms with E-state index in [4.69, 9.17) is 10.6 Å². The van der Waals surface area contributed by atoms with Crippen molar-refractivity contribution in [3.05, 3.63) is 11.1 Å². The number of β-lactam (4-membered cyclic amide) rings is 1. The van der Waals surface area contributed by atoms with Gasteiger partial charge in [0.05, 0.1) is 26.1 Å². The molecule has 3 aliphatic heterocycles. The summed E-state index contributed by atoms with van der Waals surface area (Å²) in [6, 6.07) is -2.48. The maximum Gasteiger partial charge on any atom is 0.276 e. The number of anilines is 1. The summed E-state index contributed by atoms with van der Waals surface area (Å²) >= 11 is 2.36. The molecule has 1 aromatic rings. The van der Waals surface area contributed by atoms with E-state index in [2.05, 4.69) is 15.5 Å². The molecule has 0 aliphatic carbocycles. The van der Waals surface area contributed by atoms with Gasteiger partial charge in [-0.2, -0.15) is 0 Å². The maximum absolute atomic E-state index is 13.0. The maximum atomic E-state index is 13.0. The van der Waals surface area contributed by atoms with Crippen LogP contribution in [-0.2, 0) is 19.2 Å². The standard InChI is InChI=1S/C19H26N6O6S2/c1-25(5-3-4-6-25)8-19(30)9-33-16-12(15(27)24(16)13(19)17(28)29)22-14(26)11(23-31-2)10-7-32-18(20)21-10/h7,12-13,16,30H,3-6,8-9H2,1-2H3,(H3-,20,21,22,26,28,29)/b23-11-/t12-,13?,16-,19?/m1/s1. The molecule has 12 nitrogen and oxygen atoms in total. The van der Waals surface area contributed by atoms with E-state index in [1.807, 2.05) is 7.05 Å². The first kappa shape index (κ1) is 23.7. The molecule has 180 valence electrons. The molecule has 0 saturated carbocycles. The van der Waals surface area contributed by atoms with E-state index in [0.29, 0.717) is 4.48 Å². The second-order valence-corrected chi connectivity index (χ2v) is 10.8. The Labute approximate surface area is 198 Å². The highest BCUT2D eigenvalue weighted by atomic mass is 32.2. The van der Waals surface area contributed by atoms with Gasteiger partial charge in [-0.25, -0.2) is 4.98 Å². The SMILES string of the molecule is CO/N=C(\C(=O)N[C@@H]1C(=O)N2C(C(=O)[O-])C(O)(C[N+]3(C)CCCC3)CS[C@H]12)c1csc(N)n1. The number of hydrogen-bond donors (Lipinski definition) is 3. The lowest BCUT2D eigenvalue weighted by molar-refractivity contribution is -0.903. The second kappa shape index (κ2) is 8.74. The number of likely N-dealkylation sites (tertiary alicyclic amines) is 1. The predicted molar refractivity (Wildman–Crippen MR) is 119 cm³/mol. The number of aliphatic hydroxyl groups is 1. The van der Waals surface area contributed by atoms with Crippen molar-refractivity contribution in [2.45, 2.75) is 35.9 Å². The Kier molecular flexibility index (Phi) is 6.28. The summed E-state index contributed by atoms with van der Waals surface area (Å²) in [6.45, 7) is 1.89. The minimum atomic E-state index is -1.63. The van der Waals surface area contributed by atoms with Crippen molar-refractivity contribution in [2.75, 3.05) is 45.3 Å². The molecule has 14 heteroatoms. The van der Waals surface area contributed by atoms with Crippen LogP contribution in [0.1, 0.15) is 18.5 Å². The fraction of sp³-hybridized carbons (Fsp3) is 0.632. The summed E-state index contributed by atoms with van der Waals surface area (Å²) in [6.07, 6.45) is 2.01. The zero-order valence-electron chi connectivity index (χ0n) is 18.2. The van der Waals surface area contributed by atoms with Gasteiger partial charge in [-0.1, -0.05) is 5.16 Å². The minimum Gasteiger partial charge on any atom is -0.548 e. The number of rotatable bonds is 7. The lowest BCUT2D eigenvalue weighted by Crippen LogP contribution is -2.82. The molecule has 0 spiro atoms. The molecule has 0 radical (unpaired) electrons. The lowest BCUT2D eigenvalue weighted by Gasteiger charge is -2.59. The molecular weight excluding hydrogens is 472 g/mol. The molecule has 4 atom stereocenters. The van der Waals surface area contributed by atoms with Crippen LogP contribution >= 0.6 is 23.1 Å². The van der Waals surface area contributed by atoms with E-state index in [1.54, 1.807) is 0 Å². The number of hydrogen-bond acceptors (Lipinski definition) is 11. The topological polar surface area (TPSA) is 170 Å². The molecular formula is C19H26N6O6S2. The third kappa shape index (κ3) is 4.27. The number of nitrogens with two attached hydrogens (primary N) is 1. The molecule has 2 amide bonds. The number of oxime groups is 1. The van der Waals surface area contributed by atoms with Gasteiger partial charge in [-0.05, 0) is 0 Å². The van der Waals surface area contributed by atoms with Gasteiger partial charge in [0.1, 0.15) is 42.4 Å².